The van der Waals surface area contributed by atoms with Crippen molar-refractivity contribution in [1.29, 1.82) is 0 Å². The van der Waals surface area contributed by atoms with E-state index < -0.39 is 0 Å². The molecule has 0 aliphatic carbocycles. The van der Waals surface area contributed by atoms with Crippen LogP contribution in [0.1, 0.15) is 18.4 Å². The van der Waals surface area contributed by atoms with Crippen LogP contribution in [0.3, 0.4) is 0 Å². The first-order valence-electron chi connectivity index (χ1n) is 8.66. The number of piperazine rings is 2. The number of aryl methyl sites for hydroxylation is 1. The summed E-state index contributed by atoms with van der Waals surface area (Å²) in [6, 6.07) is 4.01. The molecule has 23 heavy (non-hydrogen) atoms. The number of carbonyl (C=O) groups is 1. The Balaban J connectivity index is 1.54. The van der Waals surface area contributed by atoms with Gasteiger partial charge in [-0.1, -0.05) is 6.92 Å². The van der Waals surface area contributed by atoms with E-state index in [1.807, 2.05) is 11.0 Å². The fourth-order valence-corrected chi connectivity index (χ4v) is 3.28. The normalized spacial score (nSPS) is 24.1. The third-order valence-corrected chi connectivity index (χ3v) is 4.82. The van der Waals surface area contributed by atoms with Gasteiger partial charge < -0.3 is 19.5 Å². The van der Waals surface area contributed by atoms with Crippen LogP contribution < -0.4 is 5.32 Å². The smallest absolute Gasteiger partial charge is 0.241 e. The molecule has 6 heteroatoms. The van der Waals surface area contributed by atoms with E-state index in [1.54, 1.807) is 0 Å². The predicted octanol–water partition coefficient (Wildman–Crippen LogP) is 0.390. The summed E-state index contributed by atoms with van der Waals surface area (Å²) in [5.74, 6) is 2.27. The van der Waals surface area contributed by atoms with E-state index in [0.717, 1.165) is 70.3 Å². The highest BCUT2D eigenvalue weighted by molar-refractivity contribution is 5.82. The van der Waals surface area contributed by atoms with Gasteiger partial charge in [-0.15, -0.1) is 0 Å². The van der Waals surface area contributed by atoms with E-state index in [-0.39, 0.29) is 11.9 Å². The Morgan fingerprint density at radius 3 is 2.65 bits per heavy atom. The molecule has 1 unspecified atom stereocenters. The highest BCUT2D eigenvalue weighted by atomic mass is 16.3. The number of rotatable bonds is 4. The number of nitrogens with zero attached hydrogens (tertiary/aromatic N) is 3. The Bertz CT molecular complexity index is 522. The van der Waals surface area contributed by atoms with Gasteiger partial charge in [-0.2, -0.15) is 0 Å². The SMILES string of the molecule is CCc1ccc(CN2CCNC(C(=O)N3CCN(C)CC3)C2)o1. The molecule has 0 radical (unpaired) electrons. The number of carbonyl (C=O) groups excluding carboxylic acids is 1. The van der Waals surface area contributed by atoms with Gasteiger partial charge >= 0.3 is 0 Å². The van der Waals surface area contributed by atoms with Gasteiger partial charge in [-0.3, -0.25) is 9.69 Å². The summed E-state index contributed by atoms with van der Waals surface area (Å²) in [5.41, 5.74) is 0. The number of nitrogens with one attached hydrogen (secondary N) is 1. The number of likely N-dealkylation sites (N-methyl/N-ethyl adjacent to an activating group) is 1. The molecule has 3 heterocycles. The van der Waals surface area contributed by atoms with Crippen molar-refractivity contribution < 1.29 is 9.21 Å². The molecule has 1 amide bonds. The van der Waals surface area contributed by atoms with Crippen molar-refractivity contribution in [3.63, 3.8) is 0 Å². The zero-order chi connectivity index (χ0) is 16.2. The third-order valence-electron chi connectivity index (χ3n) is 4.82. The van der Waals surface area contributed by atoms with E-state index >= 15 is 0 Å². The first kappa shape index (κ1) is 16.5. The van der Waals surface area contributed by atoms with E-state index in [1.165, 1.54) is 0 Å². The molecule has 3 rings (SSSR count). The van der Waals surface area contributed by atoms with Crippen molar-refractivity contribution in [2.24, 2.45) is 0 Å². The van der Waals surface area contributed by atoms with Crippen LogP contribution in [0.4, 0.5) is 0 Å². The Morgan fingerprint density at radius 2 is 1.96 bits per heavy atom. The fourth-order valence-electron chi connectivity index (χ4n) is 3.28. The lowest BCUT2D eigenvalue weighted by Gasteiger charge is -2.38. The van der Waals surface area contributed by atoms with Gasteiger partial charge in [0.25, 0.3) is 0 Å². The molecule has 1 aromatic rings. The standard InChI is InChI=1S/C17H28N4O2/c1-3-14-4-5-15(23-14)12-20-7-6-18-16(13-20)17(22)21-10-8-19(2)9-11-21/h4-5,16,18H,3,6-13H2,1-2H3. The zero-order valence-corrected chi connectivity index (χ0v) is 14.3. The molecule has 1 N–H and O–H groups in total. The molecule has 0 aromatic carbocycles. The number of hydrogen-bond donors (Lipinski definition) is 1. The van der Waals surface area contributed by atoms with Gasteiger partial charge in [-0.25, -0.2) is 0 Å². The quantitative estimate of drug-likeness (QED) is 0.870. The van der Waals surface area contributed by atoms with Gasteiger partial charge in [0.05, 0.1) is 12.6 Å². The van der Waals surface area contributed by atoms with Crippen molar-refractivity contribution in [2.75, 3.05) is 52.9 Å². The minimum absolute atomic E-state index is 0.0900. The summed E-state index contributed by atoms with van der Waals surface area (Å²) in [5, 5.41) is 3.38. The summed E-state index contributed by atoms with van der Waals surface area (Å²) in [6.45, 7) is 9.06. The lowest BCUT2D eigenvalue weighted by Crippen LogP contribution is -2.59. The summed E-state index contributed by atoms with van der Waals surface area (Å²) in [6.07, 6.45) is 0.923. The minimum Gasteiger partial charge on any atom is -0.465 e. The first-order valence-corrected chi connectivity index (χ1v) is 8.66. The molecule has 1 atom stereocenters. The molecule has 1 aromatic heterocycles. The molecule has 2 aliphatic heterocycles. The van der Waals surface area contributed by atoms with Crippen molar-refractivity contribution in [3.05, 3.63) is 23.7 Å². The maximum atomic E-state index is 12.7. The van der Waals surface area contributed by atoms with Crippen molar-refractivity contribution in [3.8, 4) is 0 Å². The summed E-state index contributed by atoms with van der Waals surface area (Å²) >= 11 is 0. The number of amides is 1. The molecule has 128 valence electrons. The second-order valence-electron chi connectivity index (χ2n) is 6.59. The average molecular weight is 320 g/mol. The minimum atomic E-state index is -0.0900. The maximum absolute atomic E-state index is 12.7. The monoisotopic (exact) mass is 320 g/mol. The van der Waals surface area contributed by atoms with Crippen molar-refractivity contribution in [2.45, 2.75) is 25.9 Å². The van der Waals surface area contributed by atoms with Crippen LogP contribution in [0.2, 0.25) is 0 Å². The summed E-state index contributed by atoms with van der Waals surface area (Å²) in [7, 11) is 2.11. The van der Waals surface area contributed by atoms with Crippen LogP contribution in [0.5, 0.6) is 0 Å². The molecule has 6 nitrogen and oxygen atoms in total. The van der Waals surface area contributed by atoms with Crippen LogP contribution >= 0.6 is 0 Å². The van der Waals surface area contributed by atoms with E-state index in [2.05, 4.69) is 35.2 Å². The van der Waals surface area contributed by atoms with Crippen LogP contribution in [-0.2, 0) is 17.8 Å². The second kappa shape index (κ2) is 7.47. The van der Waals surface area contributed by atoms with Crippen molar-refractivity contribution >= 4 is 5.91 Å². The van der Waals surface area contributed by atoms with Gasteiger partial charge in [0.15, 0.2) is 0 Å². The Labute approximate surface area is 138 Å². The second-order valence-corrected chi connectivity index (χ2v) is 6.59. The van der Waals surface area contributed by atoms with E-state index in [9.17, 15) is 4.79 Å². The van der Waals surface area contributed by atoms with Crippen LogP contribution in [0.15, 0.2) is 16.5 Å². The highest BCUT2D eigenvalue weighted by Crippen LogP contribution is 2.13. The van der Waals surface area contributed by atoms with Gasteiger partial charge in [0, 0.05) is 52.2 Å². The first-order chi connectivity index (χ1) is 11.2. The lowest BCUT2D eigenvalue weighted by molar-refractivity contribution is -0.136. The third kappa shape index (κ3) is 4.13. The van der Waals surface area contributed by atoms with E-state index in [0.29, 0.717) is 0 Å². The molecule has 0 bridgehead atoms. The van der Waals surface area contributed by atoms with E-state index in [4.69, 9.17) is 4.42 Å². The summed E-state index contributed by atoms with van der Waals surface area (Å²) < 4.78 is 5.80. The molecule has 0 spiro atoms. The molecular formula is C17H28N4O2. The Morgan fingerprint density at radius 1 is 1.22 bits per heavy atom. The van der Waals surface area contributed by atoms with Gasteiger partial charge in [0.1, 0.15) is 11.5 Å². The maximum Gasteiger partial charge on any atom is 0.241 e. The largest absolute Gasteiger partial charge is 0.465 e. The topological polar surface area (TPSA) is 52.0 Å². The Hall–Kier alpha value is -1.37. The fraction of sp³-hybridized carbons (Fsp3) is 0.706. The average Bonchev–Trinajstić information content (AvgIpc) is 3.03. The zero-order valence-electron chi connectivity index (χ0n) is 14.3. The number of hydrogen-bond acceptors (Lipinski definition) is 5. The van der Waals surface area contributed by atoms with Crippen LogP contribution in [0.25, 0.3) is 0 Å². The number of furan rings is 1. The van der Waals surface area contributed by atoms with Crippen LogP contribution in [0, 0.1) is 0 Å². The molecular weight excluding hydrogens is 292 g/mol. The van der Waals surface area contributed by atoms with Crippen molar-refractivity contribution in [1.82, 2.24) is 20.0 Å². The van der Waals surface area contributed by atoms with Crippen LogP contribution in [-0.4, -0.2) is 79.5 Å². The molecule has 0 saturated carbocycles. The van der Waals surface area contributed by atoms with Gasteiger partial charge in [0.2, 0.25) is 5.91 Å². The summed E-state index contributed by atoms with van der Waals surface area (Å²) in [4.78, 5) is 19.3. The molecule has 2 aliphatic rings. The molecule has 2 saturated heterocycles. The lowest BCUT2D eigenvalue weighted by atomic mass is 10.1. The predicted molar refractivity (Wildman–Crippen MR) is 89.2 cm³/mol. The van der Waals surface area contributed by atoms with Gasteiger partial charge in [-0.05, 0) is 19.2 Å². The Kier molecular flexibility index (Phi) is 5.35. The highest BCUT2D eigenvalue weighted by Gasteiger charge is 2.30. The molecule has 2 fully saturated rings.